The molecule has 2 bridgehead atoms. The molecule has 2 saturated carbocycles. The Morgan fingerprint density at radius 2 is 1.92 bits per heavy atom. The first kappa shape index (κ1) is 9.47. The van der Waals surface area contributed by atoms with Gasteiger partial charge in [-0.25, -0.2) is 0 Å². The van der Waals surface area contributed by atoms with Gasteiger partial charge in [0.25, 0.3) is 0 Å². The largest absolute Gasteiger partial charge is 0.393 e. The van der Waals surface area contributed by atoms with Crippen LogP contribution in [0.15, 0.2) is 0 Å². The molecule has 0 radical (unpaired) electrons. The average Bonchev–Trinajstić information content (AvgIpc) is 2.62. The minimum atomic E-state index is -0.254. The van der Waals surface area contributed by atoms with Crippen molar-refractivity contribution in [3.8, 4) is 0 Å². The zero-order valence-corrected chi connectivity index (χ0v) is 8.84. The summed E-state index contributed by atoms with van der Waals surface area (Å²) < 4.78 is 5.65. The maximum absolute atomic E-state index is 9.55. The monoisotopic (exact) mass is 184 g/mol. The van der Waals surface area contributed by atoms with Crippen LogP contribution < -0.4 is 0 Å². The zero-order valence-electron chi connectivity index (χ0n) is 8.84. The van der Waals surface area contributed by atoms with E-state index in [1.165, 1.54) is 19.3 Å². The number of aliphatic hydroxyl groups excluding tert-OH is 1. The number of hydrogen-bond acceptors (Lipinski definition) is 2. The Kier molecular flexibility index (Phi) is 1.97. The molecule has 0 aliphatic heterocycles. The molecule has 2 fully saturated rings. The molecule has 0 amide bonds. The lowest BCUT2D eigenvalue weighted by Gasteiger charge is -2.47. The van der Waals surface area contributed by atoms with Crippen LogP contribution in [0.25, 0.3) is 0 Å². The van der Waals surface area contributed by atoms with E-state index in [9.17, 15) is 5.11 Å². The highest BCUT2D eigenvalue weighted by Crippen LogP contribution is 2.62. The van der Waals surface area contributed by atoms with Gasteiger partial charge in [0.2, 0.25) is 0 Å². The molecule has 0 heterocycles. The van der Waals surface area contributed by atoms with E-state index < -0.39 is 0 Å². The first-order valence-corrected chi connectivity index (χ1v) is 5.24. The second-order valence-electron chi connectivity index (χ2n) is 5.18. The van der Waals surface area contributed by atoms with E-state index in [1.807, 2.05) is 0 Å². The van der Waals surface area contributed by atoms with Crippen molar-refractivity contribution in [3.63, 3.8) is 0 Å². The van der Waals surface area contributed by atoms with Crippen LogP contribution in [-0.2, 0) is 4.74 Å². The number of aliphatic hydroxyl groups is 1. The summed E-state index contributed by atoms with van der Waals surface area (Å²) in [6.45, 7) is 4.67. The first-order chi connectivity index (χ1) is 6.08. The van der Waals surface area contributed by atoms with Gasteiger partial charge >= 0.3 is 0 Å². The first-order valence-electron chi connectivity index (χ1n) is 5.24. The summed E-state index contributed by atoms with van der Waals surface area (Å²) >= 11 is 0. The Hall–Kier alpha value is -0.0800. The van der Waals surface area contributed by atoms with Crippen molar-refractivity contribution in [1.29, 1.82) is 0 Å². The molecule has 2 aliphatic carbocycles. The number of methoxy groups -OCH3 is 1. The van der Waals surface area contributed by atoms with E-state index in [4.69, 9.17) is 4.74 Å². The van der Waals surface area contributed by atoms with Crippen molar-refractivity contribution >= 4 is 0 Å². The quantitative estimate of drug-likeness (QED) is 0.709. The van der Waals surface area contributed by atoms with Crippen LogP contribution in [0.2, 0.25) is 0 Å². The lowest BCUT2D eigenvalue weighted by molar-refractivity contribution is -0.158. The molecular weight excluding hydrogens is 164 g/mol. The highest BCUT2D eigenvalue weighted by Gasteiger charge is 2.63. The summed E-state index contributed by atoms with van der Waals surface area (Å²) in [6.07, 6.45) is 3.81. The van der Waals surface area contributed by atoms with Crippen molar-refractivity contribution < 1.29 is 9.84 Å². The van der Waals surface area contributed by atoms with E-state index in [-0.39, 0.29) is 17.6 Å². The topological polar surface area (TPSA) is 29.5 Å². The lowest BCUT2D eigenvalue weighted by atomic mass is 9.65. The molecular formula is C11H20O2. The highest BCUT2D eigenvalue weighted by atomic mass is 16.5. The maximum atomic E-state index is 9.55. The van der Waals surface area contributed by atoms with Gasteiger partial charge in [-0.2, -0.15) is 0 Å². The van der Waals surface area contributed by atoms with Crippen LogP contribution in [0, 0.1) is 17.3 Å². The summed E-state index contributed by atoms with van der Waals surface area (Å²) in [5.74, 6) is 1.34. The number of fused-ring (bicyclic) bond motifs is 2. The van der Waals surface area contributed by atoms with E-state index in [0.717, 1.165) is 5.92 Å². The third-order valence-corrected chi connectivity index (χ3v) is 4.80. The predicted octanol–water partition coefficient (Wildman–Crippen LogP) is 1.82. The summed E-state index contributed by atoms with van der Waals surface area (Å²) in [5, 5.41) is 9.55. The maximum Gasteiger partial charge on any atom is 0.0989 e. The van der Waals surface area contributed by atoms with Gasteiger partial charge in [-0.05, 0) is 36.5 Å². The standard InChI is InChI=1S/C11H20O2/c1-10(2)8-4-5-9(6-8)11(10,7-12)13-3/h8-9,12H,4-7H2,1-3H3. The third kappa shape index (κ3) is 0.909. The molecule has 0 aromatic rings. The van der Waals surface area contributed by atoms with Gasteiger partial charge in [-0.1, -0.05) is 13.8 Å². The molecule has 0 spiro atoms. The fourth-order valence-electron chi connectivity index (χ4n) is 3.76. The van der Waals surface area contributed by atoms with Crippen LogP contribution in [-0.4, -0.2) is 24.4 Å². The molecule has 1 N–H and O–H groups in total. The van der Waals surface area contributed by atoms with Gasteiger partial charge in [0.05, 0.1) is 12.2 Å². The molecule has 0 aromatic heterocycles. The SMILES string of the molecule is COC1(CO)C2CCC(C2)C1(C)C. The van der Waals surface area contributed by atoms with E-state index in [2.05, 4.69) is 13.8 Å². The Morgan fingerprint density at radius 1 is 1.31 bits per heavy atom. The van der Waals surface area contributed by atoms with Gasteiger partial charge in [-0.3, -0.25) is 0 Å². The van der Waals surface area contributed by atoms with Gasteiger partial charge in [0.1, 0.15) is 0 Å². The van der Waals surface area contributed by atoms with Gasteiger partial charge in [0, 0.05) is 7.11 Å². The van der Waals surface area contributed by atoms with Crippen molar-refractivity contribution in [2.24, 2.45) is 17.3 Å². The molecule has 0 aromatic carbocycles. The summed E-state index contributed by atoms with van der Waals surface area (Å²) in [5.41, 5.74) is -0.102. The molecule has 2 rings (SSSR count). The fraction of sp³-hybridized carbons (Fsp3) is 1.00. The van der Waals surface area contributed by atoms with E-state index >= 15 is 0 Å². The Bertz CT molecular complexity index is 206. The average molecular weight is 184 g/mol. The van der Waals surface area contributed by atoms with E-state index in [0.29, 0.717) is 5.92 Å². The molecule has 2 aliphatic rings. The summed E-state index contributed by atoms with van der Waals surface area (Å²) in [4.78, 5) is 0. The summed E-state index contributed by atoms with van der Waals surface area (Å²) in [7, 11) is 1.75. The van der Waals surface area contributed by atoms with Gasteiger partial charge in [-0.15, -0.1) is 0 Å². The molecule has 3 unspecified atom stereocenters. The number of ether oxygens (including phenoxy) is 1. The molecule has 76 valence electrons. The Labute approximate surface area is 80.3 Å². The van der Waals surface area contributed by atoms with E-state index in [1.54, 1.807) is 7.11 Å². The second-order valence-corrected chi connectivity index (χ2v) is 5.18. The minimum absolute atomic E-state index is 0.152. The van der Waals surface area contributed by atoms with Gasteiger partial charge < -0.3 is 9.84 Å². The predicted molar refractivity (Wildman–Crippen MR) is 51.4 cm³/mol. The van der Waals surface area contributed by atoms with Crippen LogP contribution >= 0.6 is 0 Å². The van der Waals surface area contributed by atoms with Crippen LogP contribution in [0.3, 0.4) is 0 Å². The lowest BCUT2D eigenvalue weighted by Crippen LogP contribution is -2.53. The van der Waals surface area contributed by atoms with Crippen molar-refractivity contribution in [2.75, 3.05) is 13.7 Å². The van der Waals surface area contributed by atoms with Crippen molar-refractivity contribution in [1.82, 2.24) is 0 Å². The molecule has 0 saturated heterocycles. The normalized spacial score (nSPS) is 47.1. The third-order valence-electron chi connectivity index (χ3n) is 4.80. The van der Waals surface area contributed by atoms with Crippen molar-refractivity contribution in [2.45, 2.75) is 38.7 Å². The highest BCUT2D eigenvalue weighted by molar-refractivity contribution is 5.12. The zero-order chi connectivity index (χ0) is 9.69. The van der Waals surface area contributed by atoms with Crippen LogP contribution in [0.1, 0.15) is 33.1 Å². The Morgan fingerprint density at radius 3 is 2.23 bits per heavy atom. The molecule has 2 nitrogen and oxygen atoms in total. The van der Waals surface area contributed by atoms with Crippen LogP contribution in [0.4, 0.5) is 0 Å². The van der Waals surface area contributed by atoms with Gasteiger partial charge in [0.15, 0.2) is 0 Å². The minimum Gasteiger partial charge on any atom is -0.393 e. The fourth-order valence-corrected chi connectivity index (χ4v) is 3.76. The summed E-state index contributed by atoms with van der Waals surface area (Å²) in [6, 6.07) is 0. The smallest absolute Gasteiger partial charge is 0.0989 e. The van der Waals surface area contributed by atoms with Crippen molar-refractivity contribution in [3.05, 3.63) is 0 Å². The molecule has 3 atom stereocenters. The molecule has 13 heavy (non-hydrogen) atoms. The number of rotatable bonds is 2. The number of hydrogen-bond donors (Lipinski definition) is 1. The second kappa shape index (κ2) is 2.71. The Balaban J connectivity index is 2.36. The molecule has 2 heteroatoms. The van der Waals surface area contributed by atoms with Crippen LogP contribution in [0.5, 0.6) is 0 Å².